The Morgan fingerprint density at radius 3 is 1.74 bits per heavy atom. The summed E-state index contributed by atoms with van der Waals surface area (Å²) >= 11 is 0. The SMILES string of the molecule is CC(=O)NC1C(OC2C(O)C(OC3C(O)C(CO)OC(OCCCCCN)C3O)OC2[C@H](O)CO)OC(CO)C(O)C1O[C@@H]1O[C@@H]([C@H](O)CO)[C@@H](O)C1O. The van der Waals surface area contributed by atoms with Crippen LogP contribution < -0.4 is 11.1 Å². The van der Waals surface area contributed by atoms with Gasteiger partial charge in [0, 0.05) is 13.5 Å². The van der Waals surface area contributed by atoms with Gasteiger partial charge in [-0.05, 0) is 25.8 Å². The van der Waals surface area contributed by atoms with Crippen molar-refractivity contribution in [3.8, 4) is 0 Å². The number of aliphatic hydroxyl groups excluding tert-OH is 12. The summed E-state index contributed by atoms with van der Waals surface area (Å²) < 4.78 is 45.6. The third-order valence-electron chi connectivity index (χ3n) is 9.67. The van der Waals surface area contributed by atoms with Crippen LogP contribution in [-0.2, 0) is 42.7 Å². The average molecular weight is 793 g/mol. The number of nitrogens with two attached hydrogens (primary N) is 1. The zero-order chi connectivity index (χ0) is 39.9. The zero-order valence-corrected chi connectivity index (χ0v) is 29.5. The molecule has 4 saturated heterocycles. The minimum absolute atomic E-state index is 0.120. The van der Waals surface area contributed by atoms with Gasteiger partial charge >= 0.3 is 0 Å². The van der Waals surface area contributed by atoms with Crippen LogP contribution in [0.2, 0.25) is 0 Å². The van der Waals surface area contributed by atoms with Gasteiger partial charge in [0.05, 0.1) is 26.4 Å². The van der Waals surface area contributed by atoms with Crippen molar-refractivity contribution in [3.63, 3.8) is 0 Å². The van der Waals surface area contributed by atoms with E-state index in [1.807, 2.05) is 0 Å². The van der Waals surface area contributed by atoms with Crippen LogP contribution in [0.4, 0.5) is 0 Å². The Bertz CT molecular complexity index is 1130. The van der Waals surface area contributed by atoms with Gasteiger partial charge < -0.3 is 110 Å². The number of unbranched alkanes of at least 4 members (excludes halogenated alkanes) is 2. The van der Waals surface area contributed by atoms with Crippen molar-refractivity contribution >= 4 is 5.91 Å². The first-order valence-electron chi connectivity index (χ1n) is 17.8. The normalized spacial score (nSPS) is 44.0. The highest BCUT2D eigenvalue weighted by Gasteiger charge is 2.57. The van der Waals surface area contributed by atoms with E-state index in [1.165, 1.54) is 0 Å². The molecule has 0 aromatic carbocycles. The predicted octanol–water partition coefficient (Wildman–Crippen LogP) is -8.45. The lowest BCUT2D eigenvalue weighted by Gasteiger charge is -2.46. The van der Waals surface area contributed by atoms with E-state index in [9.17, 15) is 66.1 Å². The van der Waals surface area contributed by atoms with Gasteiger partial charge in [-0.15, -0.1) is 0 Å². The van der Waals surface area contributed by atoms with E-state index in [0.29, 0.717) is 13.0 Å². The van der Waals surface area contributed by atoms with Crippen LogP contribution in [0.25, 0.3) is 0 Å². The molecule has 0 aliphatic carbocycles. The second kappa shape index (κ2) is 20.9. The zero-order valence-electron chi connectivity index (χ0n) is 29.5. The van der Waals surface area contributed by atoms with Crippen molar-refractivity contribution in [2.45, 2.75) is 149 Å². The van der Waals surface area contributed by atoms with Gasteiger partial charge in [0.15, 0.2) is 25.2 Å². The Hall–Kier alpha value is -1.37. The second-order valence-corrected chi connectivity index (χ2v) is 13.6. The van der Waals surface area contributed by atoms with Gasteiger partial charge in [0.2, 0.25) is 5.91 Å². The Kier molecular flexibility index (Phi) is 17.5. The first-order valence-corrected chi connectivity index (χ1v) is 17.8. The summed E-state index contributed by atoms with van der Waals surface area (Å²) in [5.41, 5.74) is 5.51. The third kappa shape index (κ3) is 10.4. The topological polar surface area (TPSA) is 372 Å². The third-order valence-corrected chi connectivity index (χ3v) is 9.67. The van der Waals surface area contributed by atoms with Crippen LogP contribution in [0.3, 0.4) is 0 Å². The number of ether oxygens (including phenoxy) is 8. The summed E-state index contributed by atoms with van der Waals surface area (Å²) in [6.45, 7) is -1.72. The van der Waals surface area contributed by atoms with Crippen molar-refractivity contribution in [1.82, 2.24) is 5.32 Å². The van der Waals surface area contributed by atoms with Crippen LogP contribution >= 0.6 is 0 Å². The van der Waals surface area contributed by atoms with Gasteiger partial charge in [-0.2, -0.15) is 0 Å². The number of amides is 1. The molecule has 0 aromatic heterocycles. The second-order valence-electron chi connectivity index (χ2n) is 13.6. The maximum absolute atomic E-state index is 12.4. The number of aliphatic hydroxyl groups is 12. The first-order chi connectivity index (χ1) is 25.7. The molecule has 15 unspecified atom stereocenters. The highest BCUT2D eigenvalue weighted by molar-refractivity contribution is 5.73. The molecule has 4 rings (SSSR count). The monoisotopic (exact) mass is 792 g/mol. The minimum Gasteiger partial charge on any atom is -0.394 e. The van der Waals surface area contributed by atoms with Gasteiger partial charge in [0.25, 0.3) is 0 Å². The standard InChI is InChI=1S/C31H56N2O21/c1-11(38)33-16-25(52-30-20(44)19(43)23(50-30)12(39)7-34)17(41)14(9-36)48-28(16)54-27-22(46)31(51-24(27)13(40)8-35)53-26-18(42)15(10-37)49-29(21(26)45)47-6-4-2-3-5-32/h12-31,34-37,39-46H,2-10,32H2,1H3,(H,33,38)/t12-,13-,14?,15?,16?,17?,18?,19+,20?,21?,22?,23+,24?,25?,26?,27?,28?,29?,30+,31?/m1/s1. The molecular formula is C31H56N2O21. The highest BCUT2D eigenvalue weighted by atomic mass is 16.8. The first kappa shape index (κ1) is 45.3. The summed E-state index contributed by atoms with van der Waals surface area (Å²) in [5.74, 6) is -0.740. The fourth-order valence-electron chi connectivity index (χ4n) is 6.72. The molecular weight excluding hydrogens is 736 g/mol. The van der Waals surface area contributed by atoms with E-state index in [1.54, 1.807) is 0 Å². The van der Waals surface area contributed by atoms with Crippen LogP contribution in [0.1, 0.15) is 26.2 Å². The fourth-order valence-corrected chi connectivity index (χ4v) is 6.72. The molecule has 20 atom stereocenters. The van der Waals surface area contributed by atoms with Crippen molar-refractivity contribution in [2.75, 3.05) is 39.6 Å². The fraction of sp³-hybridized carbons (Fsp3) is 0.968. The molecule has 54 heavy (non-hydrogen) atoms. The Balaban J connectivity index is 1.56. The smallest absolute Gasteiger partial charge is 0.217 e. The number of carbonyl (C=O) groups excluding carboxylic acids is 1. The highest BCUT2D eigenvalue weighted by Crippen LogP contribution is 2.36. The largest absolute Gasteiger partial charge is 0.394 e. The van der Waals surface area contributed by atoms with Crippen molar-refractivity contribution in [3.05, 3.63) is 0 Å². The molecule has 15 N–H and O–H groups in total. The molecule has 0 saturated carbocycles. The van der Waals surface area contributed by atoms with E-state index < -0.39 is 155 Å². The van der Waals surface area contributed by atoms with Crippen LogP contribution in [0, 0.1) is 0 Å². The van der Waals surface area contributed by atoms with Crippen LogP contribution in [0.15, 0.2) is 0 Å². The molecule has 0 radical (unpaired) electrons. The summed E-state index contributed by atoms with van der Waals surface area (Å²) in [5, 5.41) is 128. The molecule has 4 fully saturated rings. The number of hydrogen-bond acceptors (Lipinski definition) is 22. The van der Waals surface area contributed by atoms with Gasteiger partial charge in [0.1, 0.15) is 97.6 Å². The van der Waals surface area contributed by atoms with Gasteiger partial charge in [-0.25, -0.2) is 0 Å². The van der Waals surface area contributed by atoms with E-state index in [0.717, 1.165) is 19.8 Å². The van der Waals surface area contributed by atoms with E-state index in [-0.39, 0.29) is 6.61 Å². The predicted molar refractivity (Wildman–Crippen MR) is 172 cm³/mol. The molecule has 0 bridgehead atoms. The molecule has 1 amide bonds. The lowest BCUT2D eigenvalue weighted by molar-refractivity contribution is -0.331. The maximum atomic E-state index is 12.4. The number of nitrogens with one attached hydrogen (secondary N) is 1. The molecule has 316 valence electrons. The molecule has 0 spiro atoms. The Morgan fingerprint density at radius 1 is 0.630 bits per heavy atom. The summed E-state index contributed by atoms with van der Waals surface area (Å²) in [6.07, 6.45) is -29.9. The lowest BCUT2D eigenvalue weighted by Crippen LogP contribution is -2.67. The van der Waals surface area contributed by atoms with Crippen molar-refractivity contribution in [2.24, 2.45) is 5.73 Å². The van der Waals surface area contributed by atoms with Crippen LogP contribution in [0.5, 0.6) is 0 Å². The average Bonchev–Trinajstić information content (AvgIpc) is 3.61. The quantitative estimate of drug-likeness (QED) is 0.0540. The lowest BCUT2D eigenvalue weighted by atomic mass is 9.95. The molecule has 4 heterocycles. The Morgan fingerprint density at radius 2 is 1.15 bits per heavy atom. The van der Waals surface area contributed by atoms with Crippen molar-refractivity contribution in [1.29, 1.82) is 0 Å². The number of hydrogen-bond donors (Lipinski definition) is 14. The summed E-state index contributed by atoms with van der Waals surface area (Å²) in [4.78, 5) is 12.4. The minimum atomic E-state index is -1.92. The number of carbonyl (C=O) groups is 1. The molecule has 0 aromatic rings. The summed E-state index contributed by atoms with van der Waals surface area (Å²) in [6, 6.07) is -1.57. The number of rotatable bonds is 19. The van der Waals surface area contributed by atoms with Crippen molar-refractivity contribution < 1.29 is 104 Å². The van der Waals surface area contributed by atoms with E-state index in [2.05, 4.69) is 5.32 Å². The molecule has 4 aliphatic rings. The van der Waals surface area contributed by atoms with E-state index in [4.69, 9.17) is 43.6 Å². The summed E-state index contributed by atoms with van der Waals surface area (Å²) in [7, 11) is 0. The molecule has 23 nitrogen and oxygen atoms in total. The molecule has 23 heteroatoms. The van der Waals surface area contributed by atoms with Crippen LogP contribution in [-0.4, -0.2) is 230 Å². The van der Waals surface area contributed by atoms with Gasteiger partial charge in [-0.3, -0.25) is 4.79 Å². The molecule has 4 aliphatic heterocycles. The van der Waals surface area contributed by atoms with E-state index >= 15 is 0 Å². The Labute approximate surface area is 309 Å². The van der Waals surface area contributed by atoms with Gasteiger partial charge in [-0.1, -0.05) is 0 Å². The maximum Gasteiger partial charge on any atom is 0.217 e.